The lowest BCUT2D eigenvalue weighted by atomic mass is 9.88. The number of rotatable bonds is 2. The molecule has 0 aromatic carbocycles. The average Bonchev–Trinajstić information content (AvgIpc) is 2.78. The van der Waals surface area contributed by atoms with Crippen molar-refractivity contribution in [1.82, 2.24) is 0 Å². The van der Waals surface area contributed by atoms with Crippen LogP contribution in [0.25, 0.3) is 6.08 Å². The molecule has 2 rings (SSSR count). The molecule has 0 N–H and O–H groups in total. The third-order valence-corrected chi connectivity index (χ3v) is 4.38. The molecule has 1 nitrogen and oxygen atoms in total. The van der Waals surface area contributed by atoms with Crippen molar-refractivity contribution in [2.45, 2.75) is 44.9 Å². The van der Waals surface area contributed by atoms with Crippen LogP contribution in [0.2, 0.25) is 0 Å². The second-order valence-corrected chi connectivity index (χ2v) is 5.66. The number of nitriles is 1. The molecule has 0 amide bonds. The van der Waals surface area contributed by atoms with Crippen molar-refractivity contribution in [2.75, 3.05) is 0 Å². The summed E-state index contributed by atoms with van der Waals surface area (Å²) >= 11 is 1.86. The van der Waals surface area contributed by atoms with E-state index in [0.29, 0.717) is 0 Å². The number of thiophene rings is 1. The van der Waals surface area contributed by atoms with Crippen LogP contribution in [-0.4, -0.2) is 0 Å². The van der Waals surface area contributed by atoms with Crippen molar-refractivity contribution in [3.8, 4) is 6.07 Å². The minimum atomic E-state index is 0.781. The van der Waals surface area contributed by atoms with Gasteiger partial charge in [0, 0.05) is 15.3 Å². The van der Waals surface area contributed by atoms with Crippen molar-refractivity contribution in [2.24, 2.45) is 0 Å². The van der Waals surface area contributed by atoms with E-state index in [4.69, 9.17) is 5.26 Å². The molecule has 1 aromatic rings. The molecule has 1 aromatic heterocycles. The molecule has 0 saturated heterocycles. The Kier molecular flexibility index (Phi) is 3.79. The van der Waals surface area contributed by atoms with Gasteiger partial charge < -0.3 is 0 Å². The Labute approximate surface area is 101 Å². The van der Waals surface area contributed by atoms with Crippen molar-refractivity contribution in [3.05, 3.63) is 27.5 Å². The van der Waals surface area contributed by atoms with Crippen LogP contribution < -0.4 is 0 Å². The maximum absolute atomic E-state index is 8.74. The molecular weight excluding hydrogens is 214 g/mol. The van der Waals surface area contributed by atoms with Gasteiger partial charge in [-0.1, -0.05) is 19.3 Å². The molecule has 2 heteroatoms. The van der Waals surface area contributed by atoms with Crippen molar-refractivity contribution < 1.29 is 0 Å². The zero-order chi connectivity index (χ0) is 11.4. The average molecular weight is 231 g/mol. The van der Waals surface area contributed by atoms with E-state index in [2.05, 4.69) is 18.2 Å². The molecule has 1 heterocycles. The summed E-state index contributed by atoms with van der Waals surface area (Å²) in [6, 6.07) is 6.57. The normalized spacial score (nSPS) is 18.4. The lowest BCUT2D eigenvalue weighted by Crippen LogP contribution is -2.01. The van der Waals surface area contributed by atoms with Crippen LogP contribution in [0.15, 0.2) is 17.7 Å². The molecule has 0 spiro atoms. The number of hydrogen-bond acceptors (Lipinski definition) is 2. The molecule has 0 atom stereocenters. The predicted octanol–water partition coefficient (Wildman–Crippen LogP) is 4.72. The molecule has 0 bridgehead atoms. The van der Waals surface area contributed by atoms with Gasteiger partial charge in [-0.15, -0.1) is 11.3 Å². The highest BCUT2D eigenvalue weighted by atomic mass is 32.1. The number of hydrogen-bond donors (Lipinski definition) is 0. The minimum Gasteiger partial charge on any atom is -0.193 e. The highest BCUT2D eigenvalue weighted by Gasteiger charge is 2.16. The van der Waals surface area contributed by atoms with Crippen LogP contribution in [-0.2, 0) is 0 Å². The van der Waals surface area contributed by atoms with E-state index in [0.717, 1.165) is 11.5 Å². The second kappa shape index (κ2) is 5.32. The largest absolute Gasteiger partial charge is 0.193 e. The van der Waals surface area contributed by atoms with E-state index in [1.54, 1.807) is 0 Å². The summed E-state index contributed by atoms with van der Waals surface area (Å²) in [5, 5.41) is 8.74. The van der Waals surface area contributed by atoms with Crippen LogP contribution in [0.3, 0.4) is 0 Å². The fourth-order valence-corrected chi connectivity index (χ4v) is 3.48. The van der Waals surface area contributed by atoms with E-state index < -0.39 is 0 Å². The summed E-state index contributed by atoms with van der Waals surface area (Å²) < 4.78 is 0. The van der Waals surface area contributed by atoms with Gasteiger partial charge in [-0.05, 0) is 43.9 Å². The van der Waals surface area contributed by atoms with Gasteiger partial charge in [0.1, 0.15) is 0 Å². The van der Waals surface area contributed by atoms with Gasteiger partial charge in [0.25, 0.3) is 0 Å². The Morgan fingerprint density at radius 2 is 2.12 bits per heavy atom. The molecule has 1 saturated carbocycles. The van der Waals surface area contributed by atoms with E-state index in [1.807, 2.05) is 24.3 Å². The second-order valence-electron chi connectivity index (χ2n) is 4.51. The van der Waals surface area contributed by atoms with E-state index >= 15 is 0 Å². The topological polar surface area (TPSA) is 23.8 Å². The standard InChI is InChI=1S/C14H17NS/c1-11(10-15)9-13-7-8-14(16-13)12-5-3-2-4-6-12/h7-9,12H,2-6H2,1H3/b11-9-. The Morgan fingerprint density at radius 1 is 1.38 bits per heavy atom. The maximum atomic E-state index is 8.74. The molecule has 1 fully saturated rings. The first-order chi connectivity index (χ1) is 7.79. The molecule has 1 aliphatic rings. The Bertz CT molecular complexity index is 416. The minimum absolute atomic E-state index is 0.781. The summed E-state index contributed by atoms with van der Waals surface area (Å²) in [7, 11) is 0. The van der Waals surface area contributed by atoms with Crippen molar-refractivity contribution >= 4 is 17.4 Å². The zero-order valence-electron chi connectivity index (χ0n) is 9.70. The molecule has 84 valence electrons. The lowest BCUT2D eigenvalue weighted by Gasteiger charge is -2.19. The number of nitrogens with zero attached hydrogens (tertiary/aromatic N) is 1. The highest BCUT2D eigenvalue weighted by Crippen LogP contribution is 2.36. The monoisotopic (exact) mass is 231 g/mol. The summed E-state index contributed by atoms with van der Waals surface area (Å²) in [6.07, 6.45) is 8.84. The Morgan fingerprint density at radius 3 is 2.81 bits per heavy atom. The van der Waals surface area contributed by atoms with Gasteiger partial charge in [-0.3, -0.25) is 0 Å². The fourth-order valence-electron chi connectivity index (χ4n) is 2.30. The van der Waals surface area contributed by atoms with Gasteiger partial charge in [0.05, 0.1) is 6.07 Å². The fraction of sp³-hybridized carbons (Fsp3) is 0.500. The molecule has 0 aliphatic heterocycles. The molecule has 0 radical (unpaired) electrons. The summed E-state index contributed by atoms with van der Waals surface area (Å²) in [5.41, 5.74) is 0.789. The molecule has 0 unspecified atom stereocenters. The van der Waals surface area contributed by atoms with Crippen LogP contribution in [0.1, 0.15) is 54.7 Å². The smallest absolute Gasteiger partial charge is 0.0944 e. The van der Waals surface area contributed by atoms with Crippen LogP contribution in [0, 0.1) is 11.3 Å². The third-order valence-electron chi connectivity index (χ3n) is 3.19. The van der Waals surface area contributed by atoms with Gasteiger partial charge in [-0.25, -0.2) is 0 Å². The van der Waals surface area contributed by atoms with Crippen LogP contribution in [0.5, 0.6) is 0 Å². The van der Waals surface area contributed by atoms with Crippen molar-refractivity contribution in [3.63, 3.8) is 0 Å². The van der Waals surface area contributed by atoms with Crippen molar-refractivity contribution in [1.29, 1.82) is 5.26 Å². The third kappa shape index (κ3) is 2.74. The molecule has 16 heavy (non-hydrogen) atoms. The first-order valence-electron chi connectivity index (χ1n) is 5.98. The zero-order valence-corrected chi connectivity index (χ0v) is 10.5. The SMILES string of the molecule is C/C(C#N)=C/c1ccc(C2CCCCC2)s1. The summed E-state index contributed by atoms with van der Waals surface area (Å²) in [6.45, 7) is 1.86. The Hall–Kier alpha value is -1.07. The van der Waals surface area contributed by atoms with Gasteiger partial charge in [0.2, 0.25) is 0 Å². The highest BCUT2D eigenvalue weighted by molar-refractivity contribution is 7.13. The van der Waals surface area contributed by atoms with Crippen LogP contribution >= 0.6 is 11.3 Å². The van der Waals surface area contributed by atoms with Gasteiger partial charge in [0.15, 0.2) is 0 Å². The first-order valence-corrected chi connectivity index (χ1v) is 6.79. The summed E-state index contributed by atoms with van der Waals surface area (Å²) in [5.74, 6) is 0.781. The van der Waals surface area contributed by atoms with E-state index in [1.165, 1.54) is 41.9 Å². The van der Waals surface area contributed by atoms with Gasteiger partial charge in [-0.2, -0.15) is 5.26 Å². The Balaban J connectivity index is 2.10. The lowest BCUT2D eigenvalue weighted by molar-refractivity contribution is 0.448. The predicted molar refractivity (Wildman–Crippen MR) is 69.4 cm³/mol. The maximum Gasteiger partial charge on any atom is 0.0944 e. The van der Waals surface area contributed by atoms with Crippen LogP contribution in [0.4, 0.5) is 0 Å². The molecule has 1 aliphatic carbocycles. The molecular formula is C14H17NS. The first kappa shape index (κ1) is 11.4. The number of allylic oxidation sites excluding steroid dienone is 1. The van der Waals surface area contributed by atoms with E-state index in [9.17, 15) is 0 Å². The van der Waals surface area contributed by atoms with Gasteiger partial charge >= 0.3 is 0 Å². The summed E-state index contributed by atoms with van der Waals surface area (Å²) in [4.78, 5) is 2.73. The quantitative estimate of drug-likeness (QED) is 0.675. The van der Waals surface area contributed by atoms with E-state index in [-0.39, 0.29) is 0 Å².